The minimum Gasteiger partial charge on any atom is -0.497 e. The van der Waals surface area contributed by atoms with Crippen molar-refractivity contribution in [2.45, 2.75) is 19.9 Å². The molecule has 0 aliphatic heterocycles. The van der Waals surface area contributed by atoms with Gasteiger partial charge in [0, 0.05) is 11.6 Å². The van der Waals surface area contributed by atoms with Gasteiger partial charge in [0.25, 0.3) is 5.56 Å². The van der Waals surface area contributed by atoms with Gasteiger partial charge in [-0.05, 0) is 38.1 Å². The summed E-state index contributed by atoms with van der Waals surface area (Å²) in [4.78, 5) is 17.9. The Bertz CT molecular complexity index is 1190. The van der Waals surface area contributed by atoms with Crippen molar-refractivity contribution in [3.63, 3.8) is 0 Å². The number of aromatic nitrogens is 3. The molecule has 4 rings (SSSR count). The molecule has 2 aromatic carbocycles. The van der Waals surface area contributed by atoms with Crippen molar-refractivity contribution in [3.8, 4) is 17.0 Å². The van der Waals surface area contributed by atoms with Gasteiger partial charge in [0.05, 0.1) is 23.2 Å². The molecule has 2 aromatic heterocycles. The summed E-state index contributed by atoms with van der Waals surface area (Å²) in [6.07, 6.45) is 1.68. The highest BCUT2D eigenvalue weighted by molar-refractivity contribution is 6.35. The molecule has 0 saturated carbocycles. The number of halogens is 1. The molecule has 4 aromatic rings. The standard InChI is InChI=1S/C20H18ClN3O2/c1-12(2)24-18-15(21)8-5-9-16(18)23-11-22-17(19(23)20(24)25)13-6-4-7-14(10-13)26-3/h4-12H,1-3H3. The molecule has 0 N–H and O–H groups in total. The Morgan fingerprint density at radius 2 is 1.88 bits per heavy atom. The van der Waals surface area contributed by atoms with Gasteiger partial charge in [-0.3, -0.25) is 9.20 Å². The lowest BCUT2D eigenvalue weighted by Gasteiger charge is -2.16. The lowest BCUT2D eigenvalue weighted by Crippen LogP contribution is -2.24. The Morgan fingerprint density at radius 1 is 1.12 bits per heavy atom. The van der Waals surface area contributed by atoms with E-state index in [1.807, 2.05) is 54.6 Å². The van der Waals surface area contributed by atoms with Gasteiger partial charge < -0.3 is 9.30 Å². The number of methoxy groups -OCH3 is 1. The zero-order valence-electron chi connectivity index (χ0n) is 14.7. The number of hydrogen-bond donors (Lipinski definition) is 0. The average molecular weight is 368 g/mol. The Kier molecular flexibility index (Phi) is 3.96. The SMILES string of the molecule is COc1cccc(-c2ncn3c2c(=O)n(C(C)C)c2c(Cl)cccc23)c1. The normalized spacial score (nSPS) is 11.6. The van der Waals surface area contributed by atoms with E-state index in [2.05, 4.69) is 4.98 Å². The van der Waals surface area contributed by atoms with Crippen LogP contribution in [0, 0.1) is 0 Å². The highest BCUT2D eigenvalue weighted by Crippen LogP contribution is 2.30. The Morgan fingerprint density at radius 3 is 2.62 bits per heavy atom. The molecule has 0 fully saturated rings. The third-order valence-corrected chi connectivity index (χ3v) is 4.82. The van der Waals surface area contributed by atoms with Crippen LogP contribution in [0.2, 0.25) is 5.02 Å². The summed E-state index contributed by atoms with van der Waals surface area (Å²) in [7, 11) is 1.62. The van der Waals surface area contributed by atoms with Crippen molar-refractivity contribution in [2.75, 3.05) is 7.11 Å². The average Bonchev–Trinajstić information content (AvgIpc) is 3.08. The summed E-state index contributed by atoms with van der Waals surface area (Å²) >= 11 is 6.43. The molecule has 0 radical (unpaired) electrons. The second kappa shape index (κ2) is 6.18. The summed E-state index contributed by atoms with van der Waals surface area (Å²) in [6, 6.07) is 13.1. The van der Waals surface area contributed by atoms with Crippen LogP contribution in [0.25, 0.3) is 27.8 Å². The molecule has 2 heterocycles. The number of nitrogens with zero attached hydrogens (tertiary/aromatic N) is 3. The van der Waals surface area contributed by atoms with Gasteiger partial charge in [0.1, 0.15) is 23.3 Å². The first-order chi connectivity index (χ1) is 12.5. The number of para-hydroxylation sites is 1. The molecule has 0 saturated heterocycles. The molecule has 0 atom stereocenters. The van der Waals surface area contributed by atoms with Crippen molar-refractivity contribution in [3.05, 3.63) is 64.2 Å². The second-order valence-corrected chi connectivity index (χ2v) is 6.83. The number of benzene rings is 2. The molecule has 6 heteroatoms. The predicted molar refractivity (Wildman–Crippen MR) is 104 cm³/mol. The van der Waals surface area contributed by atoms with Gasteiger partial charge in [-0.2, -0.15) is 0 Å². The fourth-order valence-corrected chi connectivity index (χ4v) is 3.62. The van der Waals surface area contributed by atoms with Gasteiger partial charge in [-0.25, -0.2) is 4.98 Å². The van der Waals surface area contributed by atoms with Crippen molar-refractivity contribution in [1.29, 1.82) is 0 Å². The van der Waals surface area contributed by atoms with E-state index < -0.39 is 0 Å². The van der Waals surface area contributed by atoms with Gasteiger partial charge in [0.15, 0.2) is 0 Å². The lowest BCUT2D eigenvalue weighted by atomic mass is 10.1. The molecular weight excluding hydrogens is 350 g/mol. The zero-order chi connectivity index (χ0) is 18.4. The Hall–Kier alpha value is -2.79. The summed E-state index contributed by atoms with van der Waals surface area (Å²) in [5.41, 5.74) is 3.45. The maximum Gasteiger partial charge on any atom is 0.277 e. The van der Waals surface area contributed by atoms with Crippen LogP contribution in [0.4, 0.5) is 0 Å². The molecule has 0 spiro atoms. The van der Waals surface area contributed by atoms with E-state index in [1.54, 1.807) is 24.1 Å². The van der Waals surface area contributed by atoms with Crippen LogP contribution < -0.4 is 10.3 Å². The summed E-state index contributed by atoms with van der Waals surface area (Å²) < 4.78 is 8.86. The van der Waals surface area contributed by atoms with Gasteiger partial charge in [-0.1, -0.05) is 29.8 Å². The molecule has 5 nitrogen and oxygen atoms in total. The molecular formula is C20H18ClN3O2. The molecule has 0 aliphatic carbocycles. The van der Waals surface area contributed by atoms with Gasteiger partial charge >= 0.3 is 0 Å². The smallest absolute Gasteiger partial charge is 0.277 e. The van der Waals surface area contributed by atoms with Crippen LogP contribution in [-0.4, -0.2) is 21.1 Å². The number of imidazole rings is 1. The third kappa shape index (κ3) is 2.39. The van der Waals surface area contributed by atoms with Crippen LogP contribution in [0.3, 0.4) is 0 Å². The molecule has 0 amide bonds. The van der Waals surface area contributed by atoms with Crippen molar-refractivity contribution in [2.24, 2.45) is 0 Å². The van der Waals surface area contributed by atoms with E-state index >= 15 is 0 Å². The Labute approximate surface area is 155 Å². The number of fused-ring (bicyclic) bond motifs is 3. The minimum atomic E-state index is -0.115. The van der Waals surface area contributed by atoms with E-state index in [0.717, 1.165) is 22.3 Å². The number of hydrogen-bond acceptors (Lipinski definition) is 3. The lowest BCUT2D eigenvalue weighted by molar-refractivity contribution is 0.415. The molecule has 0 bridgehead atoms. The molecule has 26 heavy (non-hydrogen) atoms. The largest absolute Gasteiger partial charge is 0.497 e. The van der Waals surface area contributed by atoms with Gasteiger partial charge in [0.2, 0.25) is 0 Å². The van der Waals surface area contributed by atoms with E-state index in [9.17, 15) is 4.79 Å². The number of ether oxygens (including phenoxy) is 1. The maximum absolute atomic E-state index is 13.4. The highest BCUT2D eigenvalue weighted by atomic mass is 35.5. The predicted octanol–water partition coefficient (Wildman–Crippen LogP) is 4.56. The second-order valence-electron chi connectivity index (χ2n) is 6.42. The fourth-order valence-electron chi connectivity index (χ4n) is 3.36. The molecule has 132 valence electrons. The maximum atomic E-state index is 13.4. The van der Waals surface area contributed by atoms with E-state index in [0.29, 0.717) is 16.2 Å². The van der Waals surface area contributed by atoms with Crippen molar-refractivity contribution >= 4 is 28.2 Å². The van der Waals surface area contributed by atoms with Crippen LogP contribution in [0.15, 0.2) is 53.6 Å². The Balaban J connectivity index is 2.17. The molecule has 0 aliphatic rings. The quantitative estimate of drug-likeness (QED) is 0.533. The van der Waals surface area contributed by atoms with Crippen molar-refractivity contribution in [1.82, 2.24) is 14.0 Å². The van der Waals surface area contributed by atoms with E-state index in [-0.39, 0.29) is 11.6 Å². The minimum absolute atomic E-state index is 0.0389. The van der Waals surface area contributed by atoms with Crippen LogP contribution in [-0.2, 0) is 0 Å². The molecule has 0 unspecified atom stereocenters. The van der Waals surface area contributed by atoms with E-state index in [4.69, 9.17) is 16.3 Å². The first kappa shape index (κ1) is 16.7. The first-order valence-corrected chi connectivity index (χ1v) is 8.75. The van der Waals surface area contributed by atoms with Gasteiger partial charge in [-0.15, -0.1) is 0 Å². The zero-order valence-corrected chi connectivity index (χ0v) is 15.5. The van der Waals surface area contributed by atoms with E-state index in [1.165, 1.54) is 0 Å². The van der Waals surface area contributed by atoms with Crippen LogP contribution in [0.5, 0.6) is 5.75 Å². The summed E-state index contributed by atoms with van der Waals surface area (Å²) in [5, 5.41) is 0.548. The fraction of sp³-hybridized carbons (Fsp3) is 0.200. The number of rotatable bonds is 3. The summed E-state index contributed by atoms with van der Waals surface area (Å²) in [5.74, 6) is 0.719. The topological polar surface area (TPSA) is 48.5 Å². The monoisotopic (exact) mass is 367 g/mol. The highest BCUT2D eigenvalue weighted by Gasteiger charge is 2.19. The van der Waals surface area contributed by atoms with Crippen LogP contribution in [0.1, 0.15) is 19.9 Å². The summed E-state index contributed by atoms with van der Waals surface area (Å²) in [6.45, 7) is 3.95. The van der Waals surface area contributed by atoms with Crippen molar-refractivity contribution < 1.29 is 4.74 Å². The van der Waals surface area contributed by atoms with Crippen LogP contribution >= 0.6 is 11.6 Å². The first-order valence-electron chi connectivity index (χ1n) is 8.37. The third-order valence-electron chi connectivity index (χ3n) is 4.51.